The first kappa shape index (κ1) is 16.4. The van der Waals surface area contributed by atoms with Crippen LogP contribution in [0.3, 0.4) is 0 Å². The summed E-state index contributed by atoms with van der Waals surface area (Å²) >= 11 is 0. The number of nitrogens with two attached hydrogens (primary N) is 1. The van der Waals surface area contributed by atoms with E-state index in [9.17, 15) is 9.59 Å². The Morgan fingerprint density at radius 3 is 2.54 bits per heavy atom. The quantitative estimate of drug-likeness (QED) is 0.916. The average molecular weight is 352 g/mol. The molecule has 0 aromatic heterocycles. The van der Waals surface area contributed by atoms with Crippen LogP contribution in [0, 0.1) is 0 Å². The van der Waals surface area contributed by atoms with Crippen LogP contribution < -0.4 is 15.2 Å². The van der Waals surface area contributed by atoms with Gasteiger partial charge in [-0.1, -0.05) is 25.1 Å². The number of primary amides is 1. The molecule has 6 heteroatoms. The molecule has 0 radical (unpaired) electrons. The van der Waals surface area contributed by atoms with Crippen LogP contribution in [0.25, 0.3) is 11.1 Å². The molecule has 2 aromatic carbocycles. The second-order valence-electron chi connectivity index (χ2n) is 6.49. The van der Waals surface area contributed by atoms with Gasteiger partial charge in [0.25, 0.3) is 5.91 Å². The Bertz CT molecular complexity index is 893. The van der Waals surface area contributed by atoms with Crippen LogP contribution in [0.1, 0.15) is 29.3 Å². The summed E-state index contributed by atoms with van der Waals surface area (Å²) in [6.45, 7) is 3.34. The number of benzene rings is 2. The first-order valence-corrected chi connectivity index (χ1v) is 8.71. The maximum Gasteiger partial charge on any atom is 0.255 e. The lowest BCUT2D eigenvalue weighted by atomic mass is 10.00. The fraction of sp³-hybridized carbons (Fsp3) is 0.300. The normalized spacial score (nSPS) is 16.3. The van der Waals surface area contributed by atoms with E-state index in [2.05, 4.69) is 0 Å². The Balaban J connectivity index is 1.67. The largest absolute Gasteiger partial charge is 0.486 e. The van der Waals surface area contributed by atoms with E-state index >= 15 is 0 Å². The monoisotopic (exact) mass is 352 g/mol. The molecule has 2 amide bonds. The van der Waals surface area contributed by atoms with Gasteiger partial charge in [-0.2, -0.15) is 0 Å². The number of hydrogen-bond donors (Lipinski definition) is 1. The molecular weight excluding hydrogens is 332 g/mol. The van der Waals surface area contributed by atoms with Crippen molar-refractivity contribution in [3.8, 4) is 22.6 Å². The Hall–Kier alpha value is -3.02. The number of ether oxygens (including phenoxy) is 2. The molecular formula is C20H20N2O4. The van der Waals surface area contributed by atoms with E-state index in [-0.39, 0.29) is 5.91 Å². The molecule has 4 rings (SSSR count). The zero-order chi connectivity index (χ0) is 18.3. The minimum Gasteiger partial charge on any atom is -0.486 e. The van der Waals surface area contributed by atoms with Gasteiger partial charge in [0.2, 0.25) is 5.91 Å². The van der Waals surface area contributed by atoms with Gasteiger partial charge in [0, 0.05) is 12.1 Å². The number of carbonyl (C=O) groups excluding carboxylic acids is 2. The third-order valence-electron chi connectivity index (χ3n) is 4.91. The number of rotatable bonds is 4. The van der Waals surface area contributed by atoms with Crippen LogP contribution >= 0.6 is 0 Å². The van der Waals surface area contributed by atoms with Crippen molar-refractivity contribution in [1.29, 1.82) is 0 Å². The van der Waals surface area contributed by atoms with Gasteiger partial charge in [0.05, 0.1) is 0 Å². The highest BCUT2D eigenvalue weighted by Gasteiger charge is 2.34. The third kappa shape index (κ3) is 2.67. The van der Waals surface area contributed by atoms with E-state index in [1.54, 1.807) is 4.90 Å². The van der Waals surface area contributed by atoms with E-state index < -0.39 is 11.9 Å². The molecule has 2 heterocycles. The lowest BCUT2D eigenvalue weighted by Crippen LogP contribution is -2.44. The lowest BCUT2D eigenvalue weighted by molar-refractivity contribution is -0.122. The summed E-state index contributed by atoms with van der Waals surface area (Å²) in [4.78, 5) is 26.0. The number of fused-ring (bicyclic) bond motifs is 2. The summed E-state index contributed by atoms with van der Waals surface area (Å²) in [6.07, 6.45) is 0.504. The zero-order valence-corrected chi connectivity index (χ0v) is 14.5. The van der Waals surface area contributed by atoms with Crippen molar-refractivity contribution in [2.24, 2.45) is 5.73 Å². The molecule has 1 unspecified atom stereocenters. The number of carbonyl (C=O) groups is 2. The molecule has 1 atom stereocenters. The van der Waals surface area contributed by atoms with Gasteiger partial charge < -0.3 is 20.1 Å². The van der Waals surface area contributed by atoms with Crippen LogP contribution in [0.2, 0.25) is 0 Å². The third-order valence-corrected chi connectivity index (χ3v) is 4.91. The Morgan fingerprint density at radius 2 is 1.81 bits per heavy atom. The van der Waals surface area contributed by atoms with Gasteiger partial charge in [0.15, 0.2) is 11.5 Å². The van der Waals surface area contributed by atoms with Crippen molar-refractivity contribution in [2.75, 3.05) is 13.2 Å². The minimum atomic E-state index is -0.576. The first-order valence-electron chi connectivity index (χ1n) is 8.71. The van der Waals surface area contributed by atoms with E-state index in [1.807, 2.05) is 43.3 Å². The maximum absolute atomic E-state index is 12.8. The maximum atomic E-state index is 12.8. The number of nitrogens with zero attached hydrogens (tertiary/aromatic N) is 1. The van der Waals surface area contributed by atoms with E-state index in [0.717, 1.165) is 22.4 Å². The van der Waals surface area contributed by atoms with Crippen LogP contribution in [-0.4, -0.2) is 36.0 Å². The molecule has 2 aliphatic rings. The fourth-order valence-electron chi connectivity index (χ4n) is 3.55. The Morgan fingerprint density at radius 1 is 1.12 bits per heavy atom. The van der Waals surface area contributed by atoms with Crippen molar-refractivity contribution in [3.05, 3.63) is 47.5 Å². The molecule has 134 valence electrons. The number of amides is 2. The van der Waals surface area contributed by atoms with Crippen LogP contribution in [-0.2, 0) is 11.3 Å². The second kappa shape index (κ2) is 6.37. The molecule has 2 aromatic rings. The van der Waals surface area contributed by atoms with Crippen molar-refractivity contribution in [1.82, 2.24) is 4.90 Å². The highest BCUT2D eigenvalue weighted by atomic mass is 16.6. The average Bonchev–Trinajstić information content (AvgIpc) is 2.98. The van der Waals surface area contributed by atoms with Gasteiger partial charge in [-0.15, -0.1) is 0 Å². The minimum absolute atomic E-state index is 0.148. The lowest BCUT2D eigenvalue weighted by Gasteiger charge is -2.23. The fourth-order valence-corrected chi connectivity index (χ4v) is 3.55. The van der Waals surface area contributed by atoms with E-state index in [1.165, 1.54) is 0 Å². The summed E-state index contributed by atoms with van der Waals surface area (Å²) < 4.78 is 11.2. The molecule has 0 saturated carbocycles. The SMILES string of the molecule is CCC(C(N)=O)N1Cc2ccc(-c3ccc4c(c3)OCCO4)cc2C1=O. The standard InChI is InChI=1S/C20H20N2O4/c1-2-16(19(21)23)22-11-14-4-3-12(9-15(14)20(22)24)13-5-6-17-18(10-13)26-8-7-25-17/h3-6,9-10,16H,2,7-8,11H2,1H3,(H2,21,23). The summed E-state index contributed by atoms with van der Waals surface area (Å²) in [5, 5.41) is 0. The topological polar surface area (TPSA) is 81.9 Å². The molecule has 0 saturated heterocycles. The summed E-state index contributed by atoms with van der Waals surface area (Å²) in [5.74, 6) is 0.823. The molecule has 0 aliphatic carbocycles. The predicted octanol–water partition coefficient (Wildman–Crippen LogP) is 2.34. The molecule has 26 heavy (non-hydrogen) atoms. The molecule has 0 fully saturated rings. The summed E-state index contributed by atoms with van der Waals surface area (Å²) in [5.41, 5.74) is 8.86. The molecule has 2 N–H and O–H groups in total. The molecule has 6 nitrogen and oxygen atoms in total. The molecule has 0 spiro atoms. The van der Waals surface area contributed by atoms with Gasteiger partial charge in [-0.05, 0) is 41.3 Å². The van der Waals surface area contributed by atoms with Crippen LogP contribution in [0.4, 0.5) is 0 Å². The zero-order valence-electron chi connectivity index (χ0n) is 14.5. The predicted molar refractivity (Wildman–Crippen MR) is 96.0 cm³/mol. The highest BCUT2D eigenvalue weighted by molar-refractivity contribution is 6.02. The summed E-state index contributed by atoms with van der Waals surface area (Å²) in [7, 11) is 0. The van der Waals surface area contributed by atoms with Crippen molar-refractivity contribution in [2.45, 2.75) is 25.9 Å². The molecule has 0 bridgehead atoms. The van der Waals surface area contributed by atoms with E-state index in [0.29, 0.717) is 37.5 Å². The Labute approximate surface area is 151 Å². The van der Waals surface area contributed by atoms with E-state index in [4.69, 9.17) is 15.2 Å². The van der Waals surface area contributed by atoms with Crippen molar-refractivity contribution >= 4 is 11.8 Å². The van der Waals surface area contributed by atoms with Crippen molar-refractivity contribution < 1.29 is 19.1 Å². The van der Waals surface area contributed by atoms with Gasteiger partial charge in [0.1, 0.15) is 19.3 Å². The highest BCUT2D eigenvalue weighted by Crippen LogP contribution is 2.36. The second-order valence-corrected chi connectivity index (χ2v) is 6.49. The van der Waals surface area contributed by atoms with Gasteiger partial charge >= 0.3 is 0 Å². The Kier molecular flexibility index (Phi) is 4.03. The van der Waals surface area contributed by atoms with Gasteiger partial charge in [-0.3, -0.25) is 9.59 Å². The number of hydrogen-bond acceptors (Lipinski definition) is 4. The van der Waals surface area contributed by atoms with Gasteiger partial charge in [-0.25, -0.2) is 0 Å². The first-order chi connectivity index (χ1) is 12.6. The summed E-state index contributed by atoms with van der Waals surface area (Å²) in [6, 6.07) is 11.0. The van der Waals surface area contributed by atoms with Crippen LogP contribution in [0.15, 0.2) is 36.4 Å². The van der Waals surface area contributed by atoms with Crippen LogP contribution in [0.5, 0.6) is 11.5 Å². The van der Waals surface area contributed by atoms with Crippen molar-refractivity contribution in [3.63, 3.8) is 0 Å². The molecule has 2 aliphatic heterocycles. The smallest absolute Gasteiger partial charge is 0.255 e.